The van der Waals surface area contributed by atoms with Gasteiger partial charge in [0.2, 0.25) is 10.0 Å². The van der Waals surface area contributed by atoms with Crippen LogP contribution in [0.4, 0.5) is 5.69 Å². The van der Waals surface area contributed by atoms with Gasteiger partial charge in [-0.05, 0) is 32.3 Å². The number of nitrogens with zero attached hydrogens (tertiary/aromatic N) is 1. The molecule has 1 unspecified atom stereocenters. The van der Waals surface area contributed by atoms with Crippen LogP contribution in [-0.2, 0) is 14.8 Å². The van der Waals surface area contributed by atoms with Crippen LogP contribution in [0.3, 0.4) is 0 Å². The summed E-state index contributed by atoms with van der Waals surface area (Å²) in [7, 11) is -4.10. The molecule has 0 aromatic heterocycles. The molecule has 1 atom stereocenters. The standard InChI is InChI=1S/C16H25N3O6S.ClH/c1-5-25-16(20)14-7-13(8-15(11(14)4)19(21)22)26(23,24)18-12(9-17)6-10(2)3;/h7-8,10,12,18H,5-6,9,17H2,1-4H3;1H. The monoisotopic (exact) mass is 423 g/mol. The molecule has 0 heterocycles. The molecule has 0 bridgehead atoms. The Bertz CT molecular complexity index is 783. The fourth-order valence-electron chi connectivity index (χ4n) is 2.49. The number of ether oxygens (including phenoxy) is 1. The fourth-order valence-corrected chi connectivity index (χ4v) is 3.79. The number of nitrogens with two attached hydrogens (primary N) is 1. The first-order valence-electron chi connectivity index (χ1n) is 8.22. The molecule has 0 fully saturated rings. The Morgan fingerprint density at radius 3 is 2.41 bits per heavy atom. The number of benzene rings is 1. The van der Waals surface area contributed by atoms with Crippen molar-refractivity contribution in [2.75, 3.05) is 13.2 Å². The van der Waals surface area contributed by atoms with Gasteiger partial charge in [0, 0.05) is 24.2 Å². The zero-order valence-corrected chi connectivity index (χ0v) is 17.4. The highest BCUT2D eigenvalue weighted by Gasteiger charge is 2.27. The van der Waals surface area contributed by atoms with E-state index in [-0.39, 0.29) is 47.5 Å². The first-order chi connectivity index (χ1) is 12.0. The molecule has 0 saturated heterocycles. The Hall–Kier alpha value is -1.75. The van der Waals surface area contributed by atoms with Gasteiger partial charge in [-0.1, -0.05) is 13.8 Å². The lowest BCUT2D eigenvalue weighted by Gasteiger charge is -2.19. The summed E-state index contributed by atoms with van der Waals surface area (Å²) >= 11 is 0. The van der Waals surface area contributed by atoms with Crippen molar-refractivity contribution in [3.8, 4) is 0 Å². The minimum atomic E-state index is -4.10. The van der Waals surface area contributed by atoms with Crippen molar-refractivity contribution < 1.29 is 22.9 Å². The molecule has 1 rings (SSSR count). The van der Waals surface area contributed by atoms with Gasteiger partial charge in [0.15, 0.2) is 0 Å². The van der Waals surface area contributed by atoms with E-state index >= 15 is 0 Å². The predicted molar refractivity (Wildman–Crippen MR) is 104 cm³/mol. The third-order valence-corrected chi connectivity index (χ3v) is 5.22. The summed E-state index contributed by atoms with van der Waals surface area (Å²) in [6.45, 7) is 6.94. The minimum Gasteiger partial charge on any atom is -0.462 e. The maximum atomic E-state index is 12.7. The van der Waals surface area contributed by atoms with Gasteiger partial charge >= 0.3 is 5.97 Å². The molecule has 9 nitrogen and oxygen atoms in total. The van der Waals surface area contributed by atoms with Crippen molar-refractivity contribution in [3.63, 3.8) is 0 Å². The summed E-state index contributed by atoms with van der Waals surface area (Å²) < 4.78 is 32.6. The van der Waals surface area contributed by atoms with Crippen LogP contribution in [0.5, 0.6) is 0 Å². The Morgan fingerprint density at radius 2 is 1.96 bits per heavy atom. The minimum absolute atomic E-state index is 0. The van der Waals surface area contributed by atoms with E-state index in [1.165, 1.54) is 6.92 Å². The molecule has 0 spiro atoms. The molecular formula is C16H26ClN3O6S. The first-order valence-corrected chi connectivity index (χ1v) is 9.70. The average Bonchev–Trinajstić information content (AvgIpc) is 2.53. The molecule has 3 N–H and O–H groups in total. The van der Waals surface area contributed by atoms with Crippen LogP contribution in [0, 0.1) is 23.0 Å². The van der Waals surface area contributed by atoms with E-state index < -0.39 is 32.6 Å². The van der Waals surface area contributed by atoms with E-state index in [0.29, 0.717) is 6.42 Å². The second-order valence-corrected chi connectivity index (χ2v) is 7.99. The average molecular weight is 424 g/mol. The Balaban J connectivity index is 0.00000676. The highest BCUT2D eigenvalue weighted by molar-refractivity contribution is 7.89. The zero-order valence-electron chi connectivity index (χ0n) is 15.7. The molecule has 11 heteroatoms. The quantitative estimate of drug-likeness (QED) is 0.352. The van der Waals surface area contributed by atoms with Crippen LogP contribution < -0.4 is 10.5 Å². The van der Waals surface area contributed by atoms with E-state index in [9.17, 15) is 23.3 Å². The summed E-state index contributed by atoms with van der Waals surface area (Å²) in [5, 5.41) is 11.3. The number of nitrogens with one attached hydrogen (secondary N) is 1. The Labute approximate surface area is 165 Å². The van der Waals surface area contributed by atoms with Crippen LogP contribution in [0.1, 0.15) is 43.1 Å². The van der Waals surface area contributed by atoms with Crippen LogP contribution in [-0.4, -0.2) is 38.5 Å². The molecule has 0 saturated carbocycles. The molecule has 27 heavy (non-hydrogen) atoms. The molecule has 0 radical (unpaired) electrons. The van der Waals surface area contributed by atoms with Crippen molar-refractivity contribution in [1.29, 1.82) is 0 Å². The van der Waals surface area contributed by atoms with E-state index in [0.717, 1.165) is 12.1 Å². The molecule has 0 aliphatic rings. The number of hydrogen-bond acceptors (Lipinski definition) is 7. The van der Waals surface area contributed by atoms with E-state index in [4.69, 9.17) is 10.5 Å². The molecular weight excluding hydrogens is 398 g/mol. The van der Waals surface area contributed by atoms with Crippen molar-refractivity contribution in [2.45, 2.75) is 45.1 Å². The maximum absolute atomic E-state index is 12.7. The molecule has 0 aliphatic heterocycles. The van der Waals surface area contributed by atoms with Crippen LogP contribution in [0.25, 0.3) is 0 Å². The first kappa shape index (κ1) is 25.2. The number of hydrogen-bond donors (Lipinski definition) is 2. The molecule has 0 amide bonds. The molecule has 1 aromatic rings. The van der Waals surface area contributed by atoms with Gasteiger partial charge < -0.3 is 10.5 Å². The second-order valence-electron chi connectivity index (χ2n) is 6.28. The van der Waals surface area contributed by atoms with Gasteiger partial charge in [0.25, 0.3) is 5.69 Å². The lowest BCUT2D eigenvalue weighted by atomic mass is 10.1. The number of esters is 1. The number of rotatable bonds is 9. The highest BCUT2D eigenvalue weighted by Crippen LogP contribution is 2.27. The van der Waals surface area contributed by atoms with Crippen LogP contribution >= 0.6 is 12.4 Å². The van der Waals surface area contributed by atoms with Crippen LogP contribution in [0.15, 0.2) is 17.0 Å². The van der Waals surface area contributed by atoms with Crippen LogP contribution in [0.2, 0.25) is 0 Å². The third kappa shape index (κ3) is 6.73. The highest BCUT2D eigenvalue weighted by atomic mass is 35.5. The van der Waals surface area contributed by atoms with Gasteiger partial charge in [-0.15, -0.1) is 12.4 Å². The van der Waals surface area contributed by atoms with E-state index in [1.807, 2.05) is 13.8 Å². The summed E-state index contributed by atoms with van der Waals surface area (Å²) in [6, 6.07) is 1.50. The number of nitro benzene ring substituents is 1. The normalized spacial score (nSPS) is 12.4. The number of carbonyl (C=O) groups excluding carboxylic acids is 1. The van der Waals surface area contributed by atoms with Crippen molar-refractivity contribution in [3.05, 3.63) is 33.4 Å². The summed E-state index contributed by atoms with van der Waals surface area (Å²) in [5.74, 6) is -0.614. The summed E-state index contributed by atoms with van der Waals surface area (Å²) in [4.78, 5) is 22.2. The number of halogens is 1. The van der Waals surface area contributed by atoms with Crippen molar-refractivity contribution in [2.24, 2.45) is 11.7 Å². The number of nitro groups is 1. The maximum Gasteiger partial charge on any atom is 0.338 e. The second kappa shape index (κ2) is 10.5. The molecule has 0 aliphatic carbocycles. The largest absolute Gasteiger partial charge is 0.462 e. The lowest BCUT2D eigenvalue weighted by molar-refractivity contribution is -0.385. The van der Waals surface area contributed by atoms with Crippen molar-refractivity contribution >= 4 is 34.1 Å². The lowest BCUT2D eigenvalue weighted by Crippen LogP contribution is -2.41. The zero-order chi connectivity index (χ0) is 20.1. The van der Waals surface area contributed by atoms with Gasteiger partial charge in [0.05, 0.1) is 22.0 Å². The van der Waals surface area contributed by atoms with Crippen molar-refractivity contribution in [1.82, 2.24) is 4.72 Å². The van der Waals surface area contributed by atoms with Gasteiger partial charge in [0.1, 0.15) is 0 Å². The number of sulfonamides is 1. The fraction of sp³-hybridized carbons (Fsp3) is 0.562. The summed E-state index contributed by atoms with van der Waals surface area (Å²) in [5.41, 5.74) is 5.04. The molecule has 154 valence electrons. The SMILES string of the molecule is CCOC(=O)c1cc(S(=O)(=O)NC(CN)CC(C)C)cc([N+](=O)[O-])c1C.Cl. The van der Waals surface area contributed by atoms with E-state index in [2.05, 4.69) is 4.72 Å². The van der Waals surface area contributed by atoms with Gasteiger partial charge in [-0.2, -0.15) is 0 Å². The Kier molecular flexibility index (Phi) is 9.87. The van der Waals surface area contributed by atoms with Gasteiger partial charge in [-0.3, -0.25) is 10.1 Å². The van der Waals surface area contributed by atoms with E-state index in [1.54, 1.807) is 6.92 Å². The Morgan fingerprint density at radius 1 is 1.37 bits per heavy atom. The van der Waals surface area contributed by atoms with Gasteiger partial charge in [-0.25, -0.2) is 17.9 Å². The smallest absolute Gasteiger partial charge is 0.338 e. The molecule has 1 aromatic carbocycles. The predicted octanol–water partition coefficient (Wildman–Crippen LogP) is 2.15. The topological polar surface area (TPSA) is 142 Å². The third-order valence-electron chi connectivity index (χ3n) is 3.72. The summed E-state index contributed by atoms with van der Waals surface area (Å²) in [6.07, 6.45) is 0.508. The number of carbonyl (C=O) groups is 1.